The summed E-state index contributed by atoms with van der Waals surface area (Å²) in [7, 11) is -4.49. The van der Waals surface area contributed by atoms with E-state index >= 15 is 0 Å². The molecule has 6 heteroatoms. The predicted molar refractivity (Wildman–Crippen MR) is 199 cm³/mol. The molecule has 256 valence electrons. The summed E-state index contributed by atoms with van der Waals surface area (Å²) in [5.74, 6) is 0.418. The molecule has 0 saturated carbocycles. The smallest absolute Gasteiger partial charge is 0.261 e. The largest absolute Gasteiger partial charge is 0.413 e. The first-order valence-corrected chi connectivity index (χ1v) is 22.1. The van der Waals surface area contributed by atoms with Crippen LogP contribution in [0.15, 0.2) is 72.8 Å². The van der Waals surface area contributed by atoms with Crippen molar-refractivity contribution in [2.45, 2.75) is 147 Å². The molecule has 0 aromatic heterocycles. The molecule has 2 aromatic rings. The van der Waals surface area contributed by atoms with E-state index in [4.69, 9.17) is 18.3 Å². The molecule has 0 aliphatic carbocycles. The van der Waals surface area contributed by atoms with Gasteiger partial charge in [0.05, 0.1) is 30.5 Å². The highest BCUT2D eigenvalue weighted by atomic mass is 28.4. The summed E-state index contributed by atoms with van der Waals surface area (Å²) in [6, 6.07) is 21.9. The molecule has 2 aliphatic rings. The number of fused-ring (bicyclic) bond motifs is 1. The van der Waals surface area contributed by atoms with Gasteiger partial charge < -0.3 is 18.3 Å². The van der Waals surface area contributed by atoms with Crippen LogP contribution in [0.5, 0.6) is 0 Å². The highest BCUT2D eigenvalue weighted by Gasteiger charge is 2.51. The normalized spacial score (nSPS) is 26.0. The standard InChI is InChI=1S/C40H64O4Si2/c1-30(2)45(31(3)4,32(5)6)42-29-34-20-18-26-40(11)38(43-34)28-33(7)37(44-40)25-19-27-41-46(39(8,9)10,35-21-14-12-15-22-35)36-23-16-13-17-24-36/h12-18,20-24,30-34,37-38H,19,25-29H2,1-11H3/t33-,34-,37-,38-,40+/m0/s1. The van der Waals surface area contributed by atoms with Crippen molar-refractivity contribution >= 4 is 27.0 Å². The highest BCUT2D eigenvalue weighted by Crippen LogP contribution is 2.44. The Morgan fingerprint density at radius 3 is 1.89 bits per heavy atom. The first-order valence-electron chi connectivity index (χ1n) is 18.1. The average molecular weight is 665 g/mol. The van der Waals surface area contributed by atoms with E-state index < -0.39 is 16.6 Å². The Morgan fingerprint density at radius 1 is 0.848 bits per heavy atom. The van der Waals surface area contributed by atoms with E-state index in [0.29, 0.717) is 29.1 Å². The number of ether oxygens (including phenoxy) is 2. The molecule has 4 nitrogen and oxygen atoms in total. The fraction of sp³-hybridized carbons (Fsp3) is 0.650. The molecule has 5 atom stereocenters. The van der Waals surface area contributed by atoms with Gasteiger partial charge in [-0.2, -0.15) is 0 Å². The van der Waals surface area contributed by atoms with Crippen LogP contribution in [0.25, 0.3) is 0 Å². The summed E-state index contributed by atoms with van der Waals surface area (Å²) in [6.45, 7) is 27.1. The van der Waals surface area contributed by atoms with Crippen LogP contribution in [0.4, 0.5) is 0 Å². The van der Waals surface area contributed by atoms with Crippen molar-refractivity contribution in [3.05, 3.63) is 72.8 Å². The van der Waals surface area contributed by atoms with Gasteiger partial charge in [-0.05, 0) is 70.6 Å². The van der Waals surface area contributed by atoms with Crippen LogP contribution in [0, 0.1) is 5.92 Å². The SMILES string of the molecule is CC(C)[Si](OC[C@@H]1C=CC[C@@]2(C)O[C@@H](CCCO[Si](c3ccccc3)(c3ccccc3)C(C)(C)C)[C@@H](C)C[C@@H]2O1)(C(C)C)C(C)C. The zero-order valence-electron chi connectivity index (χ0n) is 30.8. The number of hydrogen-bond donors (Lipinski definition) is 0. The van der Waals surface area contributed by atoms with Gasteiger partial charge in [0.25, 0.3) is 8.32 Å². The summed E-state index contributed by atoms with van der Waals surface area (Å²) in [5, 5.41) is 2.65. The summed E-state index contributed by atoms with van der Waals surface area (Å²) in [5.41, 5.74) is 1.36. The van der Waals surface area contributed by atoms with Crippen LogP contribution in [0.2, 0.25) is 21.7 Å². The number of hydrogen-bond acceptors (Lipinski definition) is 4. The summed E-state index contributed by atoms with van der Waals surface area (Å²) in [4.78, 5) is 0. The van der Waals surface area contributed by atoms with Gasteiger partial charge in [-0.3, -0.25) is 0 Å². The molecule has 2 aromatic carbocycles. The third-order valence-corrected chi connectivity index (χ3v) is 22.2. The van der Waals surface area contributed by atoms with Crippen molar-refractivity contribution in [3.8, 4) is 0 Å². The maximum atomic E-state index is 7.20. The maximum Gasteiger partial charge on any atom is 0.261 e. The first-order chi connectivity index (χ1) is 21.7. The van der Waals surface area contributed by atoms with Gasteiger partial charge in [0.1, 0.15) is 0 Å². The molecule has 46 heavy (non-hydrogen) atoms. The lowest BCUT2D eigenvalue weighted by Crippen LogP contribution is -2.66. The lowest BCUT2D eigenvalue weighted by Gasteiger charge is -2.48. The van der Waals surface area contributed by atoms with Crippen molar-refractivity contribution in [2.75, 3.05) is 13.2 Å². The maximum absolute atomic E-state index is 7.20. The Morgan fingerprint density at radius 2 is 1.39 bits per heavy atom. The zero-order valence-corrected chi connectivity index (χ0v) is 32.8. The Kier molecular flexibility index (Phi) is 12.4. The van der Waals surface area contributed by atoms with E-state index in [9.17, 15) is 0 Å². The molecule has 0 radical (unpaired) electrons. The second-order valence-electron chi connectivity index (χ2n) is 16.3. The van der Waals surface area contributed by atoms with E-state index in [1.807, 2.05) is 0 Å². The van der Waals surface area contributed by atoms with Gasteiger partial charge in [-0.1, -0.05) is 142 Å². The topological polar surface area (TPSA) is 36.9 Å². The Balaban J connectivity index is 1.41. The minimum atomic E-state index is -2.53. The molecule has 0 spiro atoms. The van der Waals surface area contributed by atoms with Crippen LogP contribution in [0.3, 0.4) is 0 Å². The molecular weight excluding hydrogens is 601 g/mol. The second-order valence-corrected chi connectivity index (χ2v) is 26.0. The summed E-state index contributed by atoms with van der Waals surface area (Å²) in [6.07, 6.45) is 8.60. The van der Waals surface area contributed by atoms with Crippen molar-refractivity contribution in [3.63, 3.8) is 0 Å². The zero-order chi connectivity index (χ0) is 33.8. The van der Waals surface area contributed by atoms with Crippen LogP contribution in [-0.2, 0) is 18.3 Å². The second kappa shape index (κ2) is 15.3. The number of benzene rings is 2. The molecular formula is C40H64O4Si2. The van der Waals surface area contributed by atoms with E-state index in [0.717, 1.165) is 32.3 Å². The van der Waals surface area contributed by atoms with Crippen LogP contribution in [-0.4, -0.2) is 53.8 Å². The van der Waals surface area contributed by atoms with E-state index in [-0.39, 0.29) is 29.0 Å². The predicted octanol–water partition coefficient (Wildman–Crippen LogP) is 9.43. The lowest BCUT2D eigenvalue weighted by atomic mass is 9.81. The fourth-order valence-corrected chi connectivity index (χ4v) is 18.9. The molecule has 0 bridgehead atoms. The molecule has 0 N–H and O–H groups in total. The Hall–Kier alpha value is -1.55. The average Bonchev–Trinajstić information content (AvgIpc) is 3.15. The molecule has 0 amide bonds. The van der Waals surface area contributed by atoms with Gasteiger partial charge in [0.2, 0.25) is 0 Å². The molecule has 2 heterocycles. The molecule has 1 fully saturated rings. The summed E-state index contributed by atoms with van der Waals surface area (Å²) < 4.78 is 28.0. The van der Waals surface area contributed by atoms with Gasteiger partial charge in [0.15, 0.2) is 8.32 Å². The van der Waals surface area contributed by atoms with Crippen LogP contribution >= 0.6 is 0 Å². The third kappa shape index (κ3) is 7.68. The van der Waals surface area contributed by atoms with Crippen LogP contribution < -0.4 is 10.4 Å². The summed E-state index contributed by atoms with van der Waals surface area (Å²) >= 11 is 0. The molecule has 2 aliphatic heterocycles. The highest BCUT2D eigenvalue weighted by molar-refractivity contribution is 6.99. The minimum Gasteiger partial charge on any atom is -0.413 e. The molecule has 0 unspecified atom stereocenters. The minimum absolute atomic E-state index is 0.0169. The van der Waals surface area contributed by atoms with Crippen molar-refractivity contribution in [2.24, 2.45) is 5.92 Å². The first kappa shape index (κ1) is 37.3. The van der Waals surface area contributed by atoms with Gasteiger partial charge in [-0.15, -0.1) is 0 Å². The van der Waals surface area contributed by atoms with Gasteiger partial charge >= 0.3 is 0 Å². The monoisotopic (exact) mass is 664 g/mol. The third-order valence-electron chi connectivity index (χ3n) is 11.1. The Labute approximate surface area is 283 Å². The van der Waals surface area contributed by atoms with E-state index in [2.05, 4.69) is 149 Å². The number of rotatable bonds is 13. The quantitative estimate of drug-likeness (QED) is 0.121. The van der Waals surface area contributed by atoms with E-state index in [1.165, 1.54) is 10.4 Å². The lowest BCUT2D eigenvalue weighted by molar-refractivity contribution is -0.221. The van der Waals surface area contributed by atoms with Gasteiger partial charge in [-0.25, -0.2) is 0 Å². The fourth-order valence-electron chi connectivity index (χ4n) is 8.80. The van der Waals surface area contributed by atoms with Gasteiger partial charge in [0, 0.05) is 6.61 Å². The van der Waals surface area contributed by atoms with Crippen molar-refractivity contribution < 1.29 is 18.3 Å². The van der Waals surface area contributed by atoms with Crippen LogP contribution in [0.1, 0.15) is 102 Å². The van der Waals surface area contributed by atoms with Crippen molar-refractivity contribution in [1.29, 1.82) is 0 Å². The Bertz CT molecular complexity index is 1180. The van der Waals surface area contributed by atoms with E-state index in [1.54, 1.807) is 0 Å². The van der Waals surface area contributed by atoms with Crippen molar-refractivity contribution in [1.82, 2.24) is 0 Å². The molecule has 4 rings (SSSR count). The molecule has 1 saturated heterocycles.